The molecule has 9 heteroatoms. The molecule has 0 aliphatic carbocycles. The zero-order valence-corrected chi connectivity index (χ0v) is 17.2. The Kier molecular flexibility index (Phi) is 7.10. The second-order valence-corrected chi connectivity index (χ2v) is 6.45. The van der Waals surface area contributed by atoms with Crippen LogP contribution in [0.2, 0.25) is 0 Å². The number of ether oxygens (including phenoxy) is 3. The largest absolute Gasteiger partial charge is 0.462 e. The van der Waals surface area contributed by atoms with Crippen LogP contribution in [0.4, 0.5) is 5.82 Å². The first-order valence-electron chi connectivity index (χ1n) is 9.53. The molecule has 0 unspecified atom stereocenters. The summed E-state index contributed by atoms with van der Waals surface area (Å²) < 4.78 is 16.7. The lowest BCUT2D eigenvalue weighted by molar-refractivity contribution is -0.121. The van der Waals surface area contributed by atoms with Crippen molar-refractivity contribution in [1.82, 2.24) is 14.8 Å². The summed E-state index contributed by atoms with van der Waals surface area (Å²) in [6, 6.07) is 9.55. The second-order valence-electron chi connectivity index (χ2n) is 6.45. The van der Waals surface area contributed by atoms with Gasteiger partial charge in [-0.05, 0) is 31.5 Å². The van der Waals surface area contributed by atoms with Gasteiger partial charge < -0.3 is 19.5 Å². The number of anilines is 1. The summed E-state index contributed by atoms with van der Waals surface area (Å²) in [6.45, 7) is 4.33. The van der Waals surface area contributed by atoms with Crippen LogP contribution in [-0.4, -0.2) is 60.2 Å². The number of methoxy groups -OCH3 is 1. The van der Waals surface area contributed by atoms with Crippen molar-refractivity contribution in [2.24, 2.45) is 0 Å². The molecule has 158 valence electrons. The molecule has 0 saturated heterocycles. The molecule has 1 amide bonds. The number of hydrogen-bond acceptors (Lipinski definition) is 7. The molecular weight excluding hydrogens is 388 g/mol. The Morgan fingerprint density at radius 1 is 1.20 bits per heavy atom. The van der Waals surface area contributed by atoms with E-state index in [1.54, 1.807) is 14.0 Å². The maximum atomic E-state index is 12.4. The number of aryl methyl sites for hydroxylation is 1. The van der Waals surface area contributed by atoms with Crippen molar-refractivity contribution in [3.8, 4) is 5.82 Å². The summed E-state index contributed by atoms with van der Waals surface area (Å²) in [6.07, 6.45) is 1.35. The van der Waals surface area contributed by atoms with E-state index in [1.165, 1.54) is 10.9 Å². The number of rotatable bonds is 9. The number of para-hydroxylation sites is 1. The number of carbonyl (C=O) groups is 2. The summed E-state index contributed by atoms with van der Waals surface area (Å²) in [4.78, 5) is 29.4. The van der Waals surface area contributed by atoms with Crippen molar-refractivity contribution in [3.63, 3.8) is 0 Å². The van der Waals surface area contributed by atoms with E-state index in [1.807, 2.05) is 37.3 Å². The van der Waals surface area contributed by atoms with Crippen LogP contribution in [0.3, 0.4) is 0 Å². The number of amides is 1. The summed E-state index contributed by atoms with van der Waals surface area (Å²) in [7, 11) is 1.55. The average molecular weight is 412 g/mol. The molecule has 30 heavy (non-hydrogen) atoms. The Morgan fingerprint density at radius 3 is 2.77 bits per heavy atom. The summed E-state index contributed by atoms with van der Waals surface area (Å²) in [5, 5.41) is 7.98. The van der Waals surface area contributed by atoms with E-state index in [-0.39, 0.29) is 31.2 Å². The normalized spacial score (nSPS) is 10.9. The number of pyridine rings is 1. The van der Waals surface area contributed by atoms with Gasteiger partial charge in [0.1, 0.15) is 12.2 Å². The lowest BCUT2D eigenvalue weighted by Gasteiger charge is -2.12. The van der Waals surface area contributed by atoms with Gasteiger partial charge in [-0.3, -0.25) is 4.79 Å². The highest BCUT2D eigenvalue weighted by Gasteiger charge is 2.22. The van der Waals surface area contributed by atoms with Gasteiger partial charge in [-0.1, -0.05) is 18.2 Å². The monoisotopic (exact) mass is 412 g/mol. The third-order valence-corrected chi connectivity index (χ3v) is 4.31. The van der Waals surface area contributed by atoms with Gasteiger partial charge in [-0.15, -0.1) is 0 Å². The number of carbonyl (C=O) groups excluding carboxylic acids is 2. The van der Waals surface area contributed by atoms with Gasteiger partial charge in [0.15, 0.2) is 11.6 Å². The van der Waals surface area contributed by atoms with Crippen LogP contribution < -0.4 is 5.32 Å². The SMILES string of the molecule is CCOC(=O)c1cnn(-c2cc(C)c3ccccc3n2)c1NC(=O)COCCOC. The van der Waals surface area contributed by atoms with Crippen molar-refractivity contribution in [2.45, 2.75) is 13.8 Å². The predicted molar refractivity (Wildman–Crippen MR) is 111 cm³/mol. The summed E-state index contributed by atoms with van der Waals surface area (Å²) in [5.74, 6) is -0.374. The maximum absolute atomic E-state index is 12.4. The van der Waals surface area contributed by atoms with E-state index in [0.29, 0.717) is 12.4 Å². The number of nitrogens with zero attached hydrogens (tertiary/aromatic N) is 3. The van der Waals surface area contributed by atoms with Gasteiger partial charge in [0.25, 0.3) is 5.91 Å². The standard InChI is InChI=1S/C21H24N4O5/c1-4-30-21(27)16-12-22-25(20(16)24-19(26)13-29-10-9-28-3)18-11-14(2)15-7-5-6-8-17(15)23-18/h5-8,11-12H,4,9-10,13H2,1-3H3,(H,24,26). The molecule has 0 saturated carbocycles. The number of fused-ring (bicyclic) bond motifs is 1. The van der Waals surface area contributed by atoms with Crippen LogP contribution in [-0.2, 0) is 19.0 Å². The molecule has 0 bridgehead atoms. The molecule has 1 aromatic carbocycles. The highest BCUT2D eigenvalue weighted by atomic mass is 16.5. The molecule has 0 spiro atoms. The van der Waals surface area contributed by atoms with Crippen molar-refractivity contribution in [3.05, 3.63) is 47.7 Å². The Hall–Kier alpha value is -3.30. The van der Waals surface area contributed by atoms with Crippen LogP contribution in [0.5, 0.6) is 0 Å². The van der Waals surface area contributed by atoms with Crippen molar-refractivity contribution < 1.29 is 23.8 Å². The molecule has 2 aromatic heterocycles. The molecule has 3 rings (SSSR count). The number of nitrogens with one attached hydrogen (secondary N) is 1. The highest BCUT2D eigenvalue weighted by molar-refractivity contribution is 6.01. The van der Waals surface area contributed by atoms with E-state index in [2.05, 4.69) is 15.4 Å². The fourth-order valence-corrected chi connectivity index (χ4v) is 2.92. The van der Waals surface area contributed by atoms with E-state index >= 15 is 0 Å². The van der Waals surface area contributed by atoms with E-state index in [9.17, 15) is 9.59 Å². The van der Waals surface area contributed by atoms with Crippen LogP contribution in [0.15, 0.2) is 36.5 Å². The molecular formula is C21H24N4O5. The van der Waals surface area contributed by atoms with Crippen LogP contribution in [0.25, 0.3) is 16.7 Å². The highest BCUT2D eigenvalue weighted by Crippen LogP contribution is 2.24. The molecule has 0 radical (unpaired) electrons. The van der Waals surface area contributed by atoms with Gasteiger partial charge in [-0.2, -0.15) is 9.78 Å². The minimum Gasteiger partial charge on any atom is -0.462 e. The molecule has 9 nitrogen and oxygen atoms in total. The zero-order chi connectivity index (χ0) is 21.5. The maximum Gasteiger partial charge on any atom is 0.343 e. The molecule has 0 atom stereocenters. The fraction of sp³-hybridized carbons (Fsp3) is 0.333. The smallest absolute Gasteiger partial charge is 0.343 e. The van der Waals surface area contributed by atoms with Crippen LogP contribution in [0.1, 0.15) is 22.8 Å². The number of esters is 1. The fourth-order valence-electron chi connectivity index (χ4n) is 2.92. The summed E-state index contributed by atoms with van der Waals surface area (Å²) in [5.41, 5.74) is 1.90. The topological polar surface area (TPSA) is 105 Å². The lowest BCUT2D eigenvalue weighted by Crippen LogP contribution is -2.23. The van der Waals surface area contributed by atoms with Gasteiger partial charge >= 0.3 is 5.97 Å². The van der Waals surface area contributed by atoms with Crippen molar-refractivity contribution in [1.29, 1.82) is 0 Å². The second kappa shape index (κ2) is 9.95. The molecule has 0 aliphatic rings. The molecule has 0 fully saturated rings. The van der Waals surface area contributed by atoms with Gasteiger partial charge in [0, 0.05) is 12.5 Å². The van der Waals surface area contributed by atoms with Crippen molar-refractivity contribution >= 4 is 28.6 Å². The Balaban J connectivity index is 1.96. The van der Waals surface area contributed by atoms with Gasteiger partial charge in [-0.25, -0.2) is 9.78 Å². The minimum absolute atomic E-state index is 0.134. The van der Waals surface area contributed by atoms with E-state index in [4.69, 9.17) is 14.2 Å². The van der Waals surface area contributed by atoms with E-state index in [0.717, 1.165) is 16.5 Å². The first-order valence-corrected chi connectivity index (χ1v) is 9.53. The Labute approximate surface area is 173 Å². The van der Waals surface area contributed by atoms with Gasteiger partial charge in [0.2, 0.25) is 0 Å². The molecule has 1 N–H and O–H groups in total. The predicted octanol–water partition coefficient (Wildman–Crippen LogP) is 2.51. The third-order valence-electron chi connectivity index (χ3n) is 4.31. The van der Waals surface area contributed by atoms with Crippen LogP contribution >= 0.6 is 0 Å². The van der Waals surface area contributed by atoms with Crippen LogP contribution in [0, 0.1) is 6.92 Å². The Bertz CT molecular complexity index is 1050. The Morgan fingerprint density at radius 2 is 2.00 bits per heavy atom. The van der Waals surface area contributed by atoms with E-state index < -0.39 is 11.9 Å². The third kappa shape index (κ3) is 4.81. The molecule has 0 aliphatic heterocycles. The minimum atomic E-state index is -0.586. The molecule has 2 heterocycles. The first-order chi connectivity index (χ1) is 14.5. The lowest BCUT2D eigenvalue weighted by atomic mass is 10.1. The van der Waals surface area contributed by atoms with Gasteiger partial charge in [0.05, 0.1) is 31.5 Å². The molecule has 3 aromatic rings. The quantitative estimate of drug-likeness (QED) is 0.425. The summed E-state index contributed by atoms with van der Waals surface area (Å²) >= 11 is 0. The number of hydrogen-bond donors (Lipinski definition) is 1. The average Bonchev–Trinajstić information content (AvgIpc) is 3.15. The first kappa shape index (κ1) is 21.4. The zero-order valence-electron chi connectivity index (χ0n) is 17.2. The van der Waals surface area contributed by atoms with Crippen molar-refractivity contribution in [2.75, 3.05) is 38.9 Å². The number of aromatic nitrogens is 3. The number of benzene rings is 1.